The van der Waals surface area contributed by atoms with Gasteiger partial charge in [-0.25, -0.2) is 4.39 Å². The molecule has 4 rings (SSSR count). The minimum Gasteiger partial charge on any atom is -0.345 e. The molecule has 1 fully saturated rings. The molecule has 0 aliphatic heterocycles. The van der Waals surface area contributed by atoms with Crippen molar-refractivity contribution in [2.45, 2.75) is 51.2 Å². The van der Waals surface area contributed by atoms with E-state index in [1.807, 2.05) is 29.3 Å². The molecule has 1 aliphatic rings. The first-order valence-electron chi connectivity index (χ1n) is 10.6. The fourth-order valence-electron chi connectivity index (χ4n) is 4.26. The number of carbonyl (C=O) groups is 1. The Balaban J connectivity index is 1.59. The third kappa shape index (κ3) is 4.84. The van der Waals surface area contributed by atoms with Crippen LogP contribution in [-0.4, -0.2) is 21.4 Å². The van der Waals surface area contributed by atoms with Crippen LogP contribution in [0.25, 0.3) is 0 Å². The monoisotopic (exact) mass is 468 g/mol. The lowest BCUT2D eigenvalue weighted by molar-refractivity contribution is 0.0604. The summed E-state index contributed by atoms with van der Waals surface area (Å²) in [6.07, 6.45) is 7.45. The molecule has 0 N–H and O–H groups in total. The van der Waals surface area contributed by atoms with E-state index in [9.17, 15) is 9.18 Å². The lowest BCUT2D eigenvalue weighted by atomic mass is 9.93. The summed E-state index contributed by atoms with van der Waals surface area (Å²) in [4.78, 5) is 15.3. The van der Waals surface area contributed by atoms with E-state index in [0.717, 1.165) is 42.4 Å². The Hall–Kier alpha value is -2.40. The third-order valence-electron chi connectivity index (χ3n) is 5.90. The van der Waals surface area contributed by atoms with Crippen LogP contribution >= 0.6 is 15.9 Å². The van der Waals surface area contributed by atoms with Crippen LogP contribution in [0.5, 0.6) is 0 Å². The molecule has 3 nitrogen and oxygen atoms in total. The van der Waals surface area contributed by atoms with Gasteiger partial charge < -0.3 is 9.47 Å². The van der Waals surface area contributed by atoms with E-state index in [2.05, 4.69) is 38.7 Å². The van der Waals surface area contributed by atoms with Crippen LogP contribution in [0.2, 0.25) is 0 Å². The van der Waals surface area contributed by atoms with Crippen molar-refractivity contribution < 1.29 is 9.18 Å². The van der Waals surface area contributed by atoms with Crippen LogP contribution in [0.3, 0.4) is 0 Å². The van der Waals surface area contributed by atoms with Gasteiger partial charge in [0, 0.05) is 29.0 Å². The summed E-state index contributed by atoms with van der Waals surface area (Å²) in [6, 6.07) is 18.8. The van der Waals surface area contributed by atoms with Crippen LogP contribution in [0.15, 0.2) is 71.3 Å². The van der Waals surface area contributed by atoms with Gasteiger partial charge in [0.05, 0.1) is 12.1 Å². The number of carbonyl (C=O) groups excluding carboxylic acids is 1. The van der Waals surface area contributed by atoms with Crippen molar-refractivity contribution in [2.75, 3.05) is 0 Å². The number of hydrogen-bond donors (Lipinski definition) is 0. The van der Waals surface area contributed by atoms with Crippen molar-refractivity contribution in [1.29, 1.82) is 0 Å². The van der Waals surface area contributed by atoms with E-state index in [1.165, 1.54) is 18.1 Å². The number of halogens is 2. The predicted molar refractivity (Wildman–Crippen MR) is 121 cm³/mol. The molecule has 2 aromatic carbocycles. The highest BCUT2D eigenvalue weighted by molar-refractivity contribution is 9.10. The molecule has 156 valence electrons. The number of benzene rings is 2. The molecule has 0 atom stereocenters. The summed E-state index contributed by atoms with van der Waals surface area (Å²) in [6.45, 7) is 1.23. The quantitative estimate of drug-likeness (QED) is 0.410. The van der Waals surface area contributed by atoms with Crippen molar-refractivity contribution in [3.8, 4) is 0 Å². The van der Waals surface area contributed by atoms with Gasteiger partial charge in [-0.1, -0.05) is 59.5 Å². The Morgan fingerprint density at radius 3 is 2.47 bits per heavy atom. The molecule has 1 amide bonds. The molecule has 1 saturated carbocycles. The van der Waals surface area contributed by atoms with E-state index >= 15 is 0 Å². The van der Waals surface area contributed by atoms with Crippen molar-refractivity contribution in [2.24, 2.45) is 0 Å². The molecule has 3 aromatic rings. The number of hydrogen-bond acceptors (Lipinski definition) is 1. The van der Waals surface area contributed by atoms with Crippen molar-refractivity contribution in [1.82, 2.24) is 9.47 Å². The zero-order valence-electron chi connectivity index (χ0n) is 16.9. The van der Waals surface area contributed by atoms with Crippen molar-refractivity contribution in [3.05, 3.63) is 94.0 Å². The topological polar surface area (TPSA) is 25.2 Å². The van der Waals surface area contributed by atoms with Gasteiger partial charge in [0.1, 0.15) is 5.82 Å². The summed E-state index contributed by atoms with van der Waals surface area (Å²) in [7, 11) is 0. The molecule has 0 bridgehead atoms. The molecule has 1 heterocycles. The second-order valence-electron chi connectivity index (χ2n) is 7.96. The van der Waals surface area contributed by atoms with E-state index in [0.29, 0.717) is 6.54 Å². The second kappa shape index (κ2) is 9.61. The zero-order valence-corrected chi connectivity index (χ0v) is 18.5. The highest BCUT2D eigenvalue weighted by Crippen LogP contribution is 2.27. The summed E-state index contributed by atoms with van der Waals surface area (Å²) in [5.74, 6) is -0.662. The van der Waals surface area contributed by atoms with Crippen LogP contribution in [0.4, 0.5) is 4.39 Å². The predicted octanol–water partition coefficient (Wildman–Crippen LogP) is 6.41. The van der Waals surface area contributed by atoms with Gasteiger partial charge in [0.15, 0.2) is 0 Å². The standard InChI is InChI=1S/C25H26BrFN2O/c26-20-14-12-19(13-15-20)17-28-16-6-9-22(28)18-29(21-7-2-1-3-8-21)25(30)23-10-4-5-11-24(23)27/h4-6,9-16,21H,1-3,7-8,17-18H2. The molecule has 0 spiro atoms. The maximum absolute atomic E-state index is 14.4. The number of rotatable bonds is 6. The lowest BCUT2D eigenvalue weighted by Crippen LogP contribution is -2.41. The van der Waals surface area contributed by atoms with Gasteiger partial charge in [-0.3, -0.25) is 4.79 Å². The summed E-state index contributed by atoms with van der Waals surface area (Å²) >= 11 is 3.48. The van der Waals surface area contributed by atoms with Crippen LogP contribution in [0.1, 0.15) is 53.7 Å². The van der Waals surface area contributed by atoms with Gasteiger partial charge >= 0.3 is 0 Å². The average molecular weight is 469 g/mol. The lowest BCUT2D eigenvalue weighted by Gasteiger charge is -2.35. The SMILES string of the molecule is O=C(c1ccccc1F)N(Cc1cccn1Cc1ccc(Br)cc1)C1CCCCC1. The Morgan fingerprint density at radius 2 is 1.73 bits per heavy atom. The largest absolute Gasteiger partial charge is 0.345 e. The molecule has 0 radical (unpaired) electrons. The highest BCUT2D eigenvalue weighted by Gasteiger charge is 2.28. The fraction of sp³-hybridized carbons (Fsp3) is 0.320. The molecule has 1 aromatic heterocycles. The summed E-state index contributed by atoms with van der Waals surface area (Å²) in [5.41, 5.74) is 2.42. The van der Waals surface area contributed by atoms with Gasteiger partial charge in [-0.15, -0.1) is 0 Å². The molecule has 5 heteroatoms. The molecule has 30 heavy (non-hydrogen) atoms. The summed E-state index contributed by atoms with van der Waals surface area (Å²) in [5, 5.41) is 0. The van der Waals surface area contributed by atoms with E-state index in [-0.39, 0.29) is 17.5 Å². The molecule has 0 saturated heterocycles. The number of nitrogens with zero attached hydrogens (tertiary/aromatic N) is 2. The molecular formula is C25H26BrFN2O. The number of aromatic nitrogens is 1. The third-order valence-corrected chi connectivity index (χ3v) is 6.43. The van der Waals surface area contributed by atoms with E-state index < -0.39 is 5.82 Å². The van der Waals surface area contributed by atoms with Crippen molar-refractivity contribution in [3.63, 3.8) is 0 Å². The zero-order chi connectivity index (χ0) is 20.9. The highest BCUT2D eigenvalue weighted by atomic mass is 79.9. The van der Waals surface area contributed by atoms with Crippen LogP contribution < -0.4 is 0 Å². The first-order valence-corrected chi connectivity index (χ1v) is 11.3. The van der Waals surface area contributed by atoms with Crippen LogP contribution in [-0.2, 0) is 13.1 Å². The van der Waals surface area contributed by atoms with E-state index in [4.69, 9.17) is 0 Å². The normalized spacial score (nSPS) is 14.6. The first-order chi connectivity index (χ1) is 14.6. The number of amides is 1. The Morgan fingerprint density at radius 1 is 1.00 bits per heavy atom. The Labute approximate surface area is 185 Å². The van der Waals surface area contributed by atoms with Gasteiger partial charge in [0.2, 0.25) is 0 Å². The molecular weight excluding hydrogens is 443 g/mol. The average Bonchev–Trinajstić information content (AvgIpc) is 3.21. The van der Waals surface area contributed by atoms with Crippen molar-refractivity contribution >= 4 is 21.8 Å². The Bertz CT molecular complexity index is 992. The van der Waals surface area contributed by atoms with Gasteiger partial charge in [-0.05, 0) is 54.8 Å². The molecule has 0 unspecified atom stereocenters. The maximum Gasteiger partial charge on any atom is 0.257 e. The van der Waals surface area contributed by atoms with Crippen LogP contribution in [0, 0.1) is 5.82 Å². The summed E-state index contributed by atoms with van der Waals surface area (Å²) < 4.78 is 17.6. The first kappa shape index (κ1) is 20.9. The van der Waals surface area contributed by atoms with Gasteiger partial charge in [-0.2, -0.15) is 0 Å². The minimum atomic E-state index is -0.450. The fourth-order valence-corrected chi connectivity index (χ4v) is 4.52. The maximum atomic E-state index is 14.4. The smallest absolute Gasteiger partial charge is 0.257 e. The Kier molecular flexibility index (Phi) is 6.68. The minimum absolute atomic E-state index is 0.155. The van der Waals surface area contributed by atoms with E-state index in [1.54, 1.807) is 18.2 Å². The second-order valence-corrected chi connectivity index (χ2v) is 8.87. The molecule has 1 aliphatic carbocycles. The van der Waals surface area contributed by atoms with Gasteiger partial charge in [0.25, 0.3) is 5.91 Å².